The van der Waals surface area contributed by atoms with Crippen molar-refractivity contribution in [2.75, 3.05) is 13.6 Å². The third-order valence-electron chi connectivity index (χ3n) is 2.28. The Morgan fingerprint density at radius 3 is 2.50 bits per heavy atom. The molecular weight excluding hydrogens is 293 g/mol. The molecule has 18 heavy (non-hydrogen) atoms. The van der Waals surface area contributed by atoms with Crippen LogP contribution in [0.3, 0.4) is 0 Å². The van der Waals surface area contributed by atoms with Crippen molar-refractivity contribution in [3.05, 3.63) is 18.0 Å². The summed E-state index contributed by atoms with van der Waals surface area (Å²) < 4.78 is 60.5. The van der Waals surface area contributed by atoms with Gasteiger partial charge in [-0.1, -0.05) is 0 Å². The van der Waals surface area contributed by atoms with Crippen LogP contribution in [0.25, 0.3) is 0 Å². The summed E-state index contributed by atoms with van der Waals surface area (Å²) >= 11 is 5.50. The molecule has 1 aromatic rings. The van der Waals surface area contributed by atoms with Crippen molar-refractivity contribution in [1.29, 1.82) is 0 Å². The maximum atomic E-state index is 12.0. The van der Waals surface area contributed by atoms with Gasteiger partial charge in [-0.2, -0.15) is 13.2 Å². The largest absolute Gasteiger partial charge is 0.390 e. The zero-order chi connectivity index (χ0) is 14.0. The van der Waals surface area contributed by atoms with E-state index in [9.17, 15) is 21.6 Å². The van der Waals surface area contributed by atoms with Crippen LogP contribution < -0.4 is 0 Å². The molecule has 0 bridgehead atoms. The van der Waals surface area contributed by atoms with Gasteiger partial charge in [-0.15, -0.1) is 11.6 Å². The average molecular weight is 305 g/mol. The van der Waals surface area contributed by atoms with Crippen LogP contribution in [0.2, 0.25) is 0 Å². The van der Waals surface area contributed by atoms with Gasteiger partial charge in [0.25, 0.3) is 0 Å². The molecule has 104 valence electrons. The highest BCUT2D eigenvalue weighted by molar-refractivity contribution is 7.89. The molecule has 1 aromatic heterocycles. The van der Waals surface area contributed by atoms with Crippen LogP contribution in [0.1, 0.15) is 12.1 Å². The molecule has 0 fully saturated rings. The zero-order valence-corrected chi connectivity index (χ0v) is 11.0. The molecule has 1 rings (SSSR count). The van der Waals surface area contributed by atoms with Crippen molar-refractivity contribution in [1.82, 2.24) is 9.29 Å². The fourth-order valence-electron chi connectivity index (χ4n) is 1.23. The minimum atomic E-state index is -4.39. The molecule has 0 saturated carbocycles. The summed E-state index contributed by atoms with van der Waals surface area (Å²) in [4.78, 5) is 2.53. The first kappa shape index (κ1) is 15.3. The summed E-state index contributed by atoms with van der Waals surface area (Å²) in [6.07, 6.45) is -4.37. The Morgan fingerprint density at radius 1 is 1.44 bits per heavy atom. The minimum absolute atomic E-state index is 0.0946. The van der Waals surface area contributed by atoms with E-state index in [1.54, 1.807) is 0 Å². The highest BCUT2D eigenvalue weighted by Crippen LogP contribution is 2.22. The number of nitrogens with one attached hydrogen (secondary N) is 1. The van der Waals surface area contributed by atoms with E-state index in [1.165, 1.54) is 12.3 Å². The van der Waals surface area contributed by atoms with Crippen LogP contribution in [0.5, 0.6) is 0 Å². The Labute approximate surface area is 108 Å². The number of hydrogen-bond donors (Lipinski definition) is 1. The molecule has 0 aliphatic rings. The summed E-state index contributed by atoms with van der Waals surface area (Å²) in [5, 5.41) is 0. The molecule has 0 amide bonds. The van der Waals surface area contributed by atoms with E-state index in [-0.39, 0.29) is 10.8 Å². The lowest BCUT2D eigenvalue weighted by Gasteiger charge is -2.17. The molecule has 0 aromatic carbocycles. The van der Waals surface area contributed by atoms with Gasteiger partial charge in [-0.25, -0.2) is 12.7 Å². The first-order valence-corrected chi connectivity index (χ1v) is 6.90. The molecule has 0 radical (unpaired) electrons. The fraction of sp³-hybridized carbons (Fsp3) is 0.556. The Hall–Kier alpha value is -0.730. The van der Waals surface area contributed by atoms with Gasteiger partial charge in [0.2, 0.25) is 10.0 Å². The number of hydrogen-bond acceptors (Lipinski definition) is 2. The quantitative estimate of drug-likeness (QED) is 0.849. The summed E-state index contributed by atoms with van der Waals surface area (Å²) in [5.74, 6) is 0.0990. The fourth-order valence-corrected chi connectivity index (χ4v) is 2.57. The molecule has 0 aliphatic carbocycles. The van der Waals surface area contributed by atoms with Gasteiger partial charge in [0.1, 0.15) is 0 Å². The second-order valence-corrected chi connectivity index (χ2v) is 6.00. The lowest BCUT2D eigenvalue weighted by atomic mass is 10.4. The van der Waals surface area contributed by atoms with Gasteiger partial charge >= 0.3 is 6.18 Å². The maximum Gasteiger partial charge on any atom is 0.390 e. The van der Waals surface area contributed by atoms with Gasteiger partial charge in [0.15, 0.2) is 0 Å². The highest BCUT2D eigenvalue weighted by Gasteiger charge is 2.30. The zero-order valence-electron chi connectivity index (χ0n) is 9.46. The van der Waals surface area contributed by atoms with Gasteiger partial charge < -0.3 is 4.98 Å². The van der Waals surface area contributed by atoms with Crippen LogP contribution >= 0.6 is 11.6 Å². The van der Waals surface area contributed by atoms with Crippen LogP contribution in [-0.4, -0.2) is 37.5 Å². The summed E-state index contributed by atoms with van der Waals surface area (Å²) in [6, 6.07) is 1.30. The number of nitrogens with zero attached hydrogens (tertiary/aromatic N) is 1. The molecule has 4 nitrogen and oxygen atoms in total. The molecule has 0 aliphatic heterocycles. The second-order valence-electron chi connectivity index (χ2n) is 3.69. The Morgan fingerprint density at radius 2 is 2.06 bits per heavy atom. The number of rotatable bonds is 5. The molecule has 0 atom stereocenters. The van der Waals surface area contributed by atoms with E-state index in [1.807, 2.05) is 0 Å². The number of sulfonamides is 1. The topological polar surface area (TPSA) is 53.2 Å². The SMILES string of the molecule is CN(CCC(F)(F)F)S(=O)(=O)c1c[nH]c(CCl)c1. The van der Waals surface area contributed by atoms with Crippen LogP contribution in [-0.2, 0) is 15.9 Å². The smallest absolute Gasteiger partial charge is 0.363 e. The van der Waals surface area contributed by atoms with Crippen molar-refractivity contribution in [2.45, 2.75) is 23.4 Å². The van der Waals surface area contributed by atoms with Crippen LogP contribution in [0.4, 0.5) is 13.2 Å². The number of H-pyrrole nitrogens is 1. The highest BCUT2D eigenvalue weighted by atomic mass is 35.5. The predicted octanol–water partition coefficient (Wildman–Crippen LogP) is 2.33. The minimum Gasteiger partial charge on any atom is -0.363 e. The van der Waals surface area contributed by atoms with E-state index in [0.717, 1.165) is 7.05 Å². The molecular formula is C9H12ClF3N2O2S. The van der Waals surface area contributed by atoms with Crippen molar-refractivity contribution < 1.29 is 21.6 Å². The van der Waals surface area contributed by atoms with Crippen molar-refractivity contribution in [3.8, 4) is 0 Å². The standard InChI is InChI=1S/C9H12ClF3N2O2S/c1-15(3-2-9(11,12)13)18(16,17)8-4-7(5-10)14-6-8/h4,6,14H,2-3,5H2,1H3. The number of halogens is 4. The van der Waals surface area contributed by atoms with E-state index < -0.39 is 29.2 Å². The number of aromatic nitrogens is 1. The lowest BCUT2D eigenvalue weighted by molar-refractivity contribution is -0.135. The maximum absolute atomic E-state index is 12.0. The molecule has 1 heterocycles. The second kappa shape index (κ2) is 5.50. The summed E-state index contributed by atoms with van der Waals surface area (Å²) in [5.41, 5.74) is 0.486. The molecule has 1 N–H and O–H groups in total. The number of aromatic amines is 1. The first-order valence-electron chi connectivity index (χ1n) is 4.93. The average Bonchev–Trinajstić information content (AvgIpc) is 2.73. The third kappa shape index (κ3) is 3.89. The first-order chi connectivity index (χ1) is 8.16. The number of alkyl halides is 4. The summed E-state index contributed by atoms with van der Waals surface area (Å²) in [7, 11) is -2.80. The molecule has 0 spiro atoms. The Kier molecular flexibility index (Phi) is 4.68. The molecule has 0 unspecified atom stereocenters. The van der Waals surface area contributed by atoms with Crippen LogP contribution in [0.15, 0.2) is 17.2 Å². The predicted molar refractivity (Wildman–Crippen MR) is 60.8 cm³/mol. The van der Waals surface area contributed by atoms with E-state index in [2.05, 4.69) is 4.98 Å². The van der Waals surface area contributed by atoms with E-state index in [0.29, 0.717) is 10.00 Å². The van der Waals surface area contributed by atoms with Gasteiger partial charge in [0, 0.05) is 25.5 Å². The lowest BCUT2D eigenvalue weighted by Crippen LogP contribution is -2.30. The van der Waals surface area contributed by atoms with Crippen molar-refractivity contribution in [2.24, 2.45) is 0 Å². The van der Waals surface area contributed by atoms with Crippen molar-refractivity contribution >= 4 is 21.6 Å². The van der Waals surface area contributed by atoms with Crippen LogP contribution in [0, 0.1) is 0 Å². The molecule has 9 heteroatoms. The third-order valence-corrected chi connectivity index (χ3v) is 4.40. The normalized spacial score (nSPS) is 13.2. The van der Waals surface area contributed by atoms with Gasteiger partial charge in [0.05, 0.1) is 17.2 Å². The van der Waals surface area contributed by atoms with E-state index in [4.69, 9.17) is 11.6 Å². The molecule has 0 saturated heterocycles. The van der Waals surface area contributed by atoms with Gasteiger partial charge in [-0.3, -0.25) is 0 Å². The van der Waals surface area contributed by atoms with Crippen molar-refractivity contribution in [3.63, 3.8) is 0 Å². The Balaban J connectivity index is 2.80. The monoisotopic (exact) mass is 304 g/mol. The van der Waals surface area contributed by atoms with E-state index >= 15 is 0 Å². The van der Waals surface area contributed by atoms with Gasteiger partial charge in [-0.05, 0) is 6.07 Å². The summed E-state index contributed by atoms with van der Waals surface area (Å²) in [6.45, 7) is -0.618. The Bertz CT molecular complexity index is 498.